The highest BCUT2D eigenvalue weighted by Gasteiger charge is 2.03. The van der Waals surface area contributed by atoms with Gasteiger partial charge >= 0.3 is 0 Å². The summed E-state index contributed by atoms with van der Waals surface area (Å²) in [5.41, 5.74) is 2.90. The molecule has 0 saturated heterocycles. The van der Waals surface area contributed by atoms with Crippen molar-refractivity contribution in [1.29, 1.82) is 0 Å². The minimum atomic E-state index is 0.851. The molecule has 1 aromatic heterocycles. The van der Waals surface area contributed by atoms with E-state index in [1.807, 2.05) is 36.4 Å². The van der Waals surface area contributed by atoms with E-state index in [2.05, 4.69) is 13.0 Å². The van der Waals surface area contributed by atoms with Gasteiger partial charge < -0.3 is 4.42 Å². The van der Waals surface area contributed by atoms with Gasteiger partial charge in [0.2, 0.25) is 0 Å². The van der Waals surface area contributed by atoms with Gasteiger partial charge in [0.05, 0.1) is 4.51 Å². The van der Waals surface area contributed by atoms with Crippen molar-refractivity contribution in [2.75, 3.05) is 0 Å². The Balaban J connectivity index is 2.61. The van der Waals surface area contributed by atoms with Crippen LogP contribution in [0.3, 0.4) is 0 Å². The van der Waals surface area contributed by atoms with Gasteiger partial charge in [-0.15, -0.1) is 0 Å². The lowest BCUT2D eigenvalue weighted by Gasteiger charge is -2.03. The standard InChI is InChI=1S/C14H10OS/c1-9-6-7-13-11(8-9)14(16)10-4-2-3-5-12(10)15-13/h2-8H,1H3. The lowest BCUT2D eigenvalue weighted by molar-refractivity contribution is 0.660. The third kappa shape index (κ3) is 1.34. The summed E-state index contributed by atoms with van der Waals surface area (Å²) < 4.78 is 6.69. The van der Waals surface area contributed by atoms with Gasteiger partial charge in [-0.3, -0.25) is 0 Å². The van der Waals surface area contributed by atoms with E-state index in [-0.39, 0.29) is 0 Å². The van der Waals surface area contributed by atoms with Crippen LogP contribution in [0.25, 0.3) is 21.9 Å². The fourth-order valence-electron chi connectivity index (χ4n) is 1.92. The molecule has 0 aliphatic carbocycles. The molecule has 0 atom stereocenters. The van der Waals surface area contributed by atoms with Crippen LogP contribution >= 0.6 is 12.2 Å². The van der Waals surface area contributed by atoms with Crippen molar-refractivity contribution in [3.63, 3.8) is 0 Å². The molecule has 3 rings (SSSR count). The maximum atomic E-state index is 5.82. The predicted molar refractivity (Wildman–Crippen MR) is 69.3 cm³/mol. The quantitative estimate of drug-likeness (QED) is 0.409. The lowest BCUT2D eigenvalue weighted by atomic mass is 10.1. The Morgan fingerprint density at radius 1 is 0.938 bits per heavy atom. The first-order valence-corrected chi connectivity index (χ1v) is 5.59. The Morgan fingerprint density at radius 3 is 2.56 bits per heavy atom. The average Bonchev–Trinajstić information content (AvgIpc) is 2.31. The first kappa shape index (κ1) is 9.55. The van der Waals surface area contributed by atoms with Gasteiger partial charge in [0.15, 0.2) is 0 Å². The number of hydrogen-bond donors (Lipinski definition) is 0. The van der Waals surface area contributed by atoms with Crippen molar-refractivity contribution in [2.24, 2.45) is 0 Å². The monoisotopic (exact) mass is 226 g/mol. The van der Waals surface area contributed by atoms with Gasteiger partial charge in [-0.05, 0) is 31.2 Å². The molecule has 0 aliphatic rings. The van der Waals surface area contributed by atoms with Crippen LogP contribution in [0.4, 0.5) is 0 Å². The highest BCUT2D eigenvalue weighted by Crippen LogP contribution is 2.25. The van der Waals surface area contributed by atoms with Crippen molar-refractivity contribution in [3.8, 4) is 0 Å². The summed E-state index contributed by atoms with van der Waals surface area (Å²) in [6.45, 7) is 2.06. The summed E-state index contributed by atoms with van der Waals surface area (Å²) in [5.74, 6) is 0. The van der Waals surface area contributed by atoms with Gasteiger partial charge in [0.25, 0.3) is 0 Å². The Morgan fingerprint density at radius 2 is 1.69 bits per heavy atom. The van der Waals surface area contributed by atoms with E-state index in [0.29, 0.717) is 0 Å². The summed E-state index contributed by atoms with van der Waals surface area (Å²) >= 11 is 5.50. The van der Waals surface area contributed by atoms with E-state index in [4.69, 9.17) is 16.6 Å². The van der Waals surface area contributed by atoms with Crippen LogP contribution < -0.4 is 0 Å². The molecule has 0 spiro atoms. The van der Waals surface area contributed by atoms with E-state index in [9.17, 15) is 0 Å². The SMILES string of the molecule is Cc1ccc2oc3ccccc3c(=S)c2c1. The Hall–Kier alpha value is -1.67. The second kappa shape index (κ2) is 3.42. The second-order valence-electron chi connectivity index (χ2n) is 3.93. The Kier molecular flexibility index (Phi) is 2.04. The fraction of sp³-hybridized carbons (Fsp3) is 0.0714. The molecule has 78 valence electrons. The molecular formula is C14H10OS. The maximum absolute atomic E-state index is 5.82. The number of rotatable bonds is 0. The summed E-state index contributed by atoms with van der Waals surface area (Å²) in [6.07, 6.45) is 0. The highest BCUT2D eigenvalue weighted by molar-refractivity contribution is 7.72. The van der Waals surface area contributed by atoms with Crippen molar-refractivity contribution in [3.05, 3.63) is 52.5 Å². The normalized spacial score (nSPS) is 11.1. The molecule has 2 heteroatoms. The van der Waals surface area contributed by atoms with E-state index >= 15 is 0 Å². The zero-order chi connectivity index (χ0) is 11.1. The summed E-state index contributed by atoms with van der Waals surface area (Å²) in [4.78, 5) is 0. The number of fused-ring (bicyclic) bond motifs is 2. The Bertz CT molecular complexity index is 740. The van der Waals surface area contributed by atoms with Crippen molar-refractivity contribution >= 4 is 34.2 Å². The van der Waals surface area contributed by atoms with Gasteiger partial charge in [-0.2, -0.15) is 0 Å². The van der Waals surface area contributed by atoms with Gasteiger partial charge in [-0.1, -0.05) is 36.0 Å². The molecule has 16 heavy (non-hydrogen) atoms. The third-order valence-corrected chi connectivity index (χ3v) is 3.17. The smallest absolute Gasteiger partial charge is 0.136 e. The highest BCUT2D eigenvalue weighted by atomic mass is 32.1. The molecule has 1 nitrogen and oxygen atoms in total. The molecule has 0 radical (unpaired) electrons. The Labute approximate surface area is 98.3 Å². The summed E-state index contributed by atoms with van der Waals surface area (Å²) in [5, 5.41) is 2.03. The molecule has 0 amide bonds. The molecule has 0 unspecified atom stereocenters. The van der Waals surface area contributed by atoms with Gasteiger partial charge in [-0.25, -0.2) is 0 Å². The van der Waals surface area contributed by atoms with E-state index in [0.717, 1.165) is 26.4 Å². The van der Waals surface area contributed by atoms with Crippen LogP contribution in [-0.2, 0) is 0 Å². The number of benzene rings is 2. The number of aryl methyl sites for hydroxylation is 1. The van der Waals surface area contributed by atoms with Crippen molar-refractivity contribution < 1.29 is 4.42 Å². The van der Waals surface area contributed by atoms with Crippen molar-refractivity contribution in [2.45, 2.75) is 6.92 Å². The van der Waals surface area contributed by atoms with E-state index in [1.165, 1.54) is 5.56 Å². The zero-order valence-corrected chi connectivity index (χ0v) is 9.67. The maximum Gasteiger partial charge on any atom is 0.136 e. The van der Waals surface area contributed by atoms with Crippen LogP contribution in [0, 0.1) is 11.4 Å². The first-order valence-electron chi connectivity index (χ1n) is 5.18. The minimum absolute atomic E-state index is 0.851. The molecule has 0 bridgehead atoms. The largest absolute Gasteiger partial charge is 0.456 e. The van der Waals surface area contributed by atoms with Crippen molar-refractivity contribution in [1.82, 2.24) is 0 Å². The van der Waals surface area contributed by atoms with Crippen LogP contribution in [0.1, 0.15) is 5.56 Å². The minimum Gasteiger partial charge on any atom is -0.456 e. The summed E-state index contributed by atoms with van der Waals surface area (Å²) in [7, 11) is 0. The third-order valence-electron chi connectivity index (χ3n) is 2.73. The van der Waals surface area contributed by atoms with Gasteiger partial charge in [0.1, 0.15) is 11.2 Å². The van der Waals surface area contributed by atoms with E-state index in [1.54, 1.807) is 0 Å². The number of hydrogen-bond acceptors (Lipinski definition) is 2. The van der Waals surface area contributed by atoms with Crippen LogP contribution in [-0.4, -0.2) is 0 Å². The molecule has 0 saturated carbocycles. The first-order chi connectivity index (χ1) is 7.75. The summed E-state index contributed by atoms with van der Waals surface area (Å²) in [6, 6.07) is 14.0. The van der Waals surface area contributed by atoms with Crippen LogP contribution in [0.15, 0.2) is 46.9 Å². The molecule has 0 aliphatic heterocycles. The average molecular weight is 226 g/mol. The molecule has 2 aromatic carbocycles. The van der Waals surface area contributed by atoms with Crippen LogP contribution in [0.2, 0.25) is 0 Å². The fourth-order valence-corrected chi connectivity index (χ4v) is 2.25. The molecular weight excluding hydrogens is 216 g/mol. The lowest BCUT2D eigenvalue weighted by Crippen LogP contribution is -1.80. The topological polar surface area (TPSA) is 13.1 Å². The zero-order valence-electron chi connectivity index (χ0n) is 8.86. The van der Waals surface area contributed by atoms with E-state index < -0.39 is 0 Å². The molecule has 1 heterocycles. The van der Waals surface area contributed by atoms with Crippen LogP contribution in [0.5, 0.6) is 0 Å². The molecule has 3 aromatic rings. The second-order valence-corrected chi connectivity index (χ2v) is 4.34. The van der Waals surface area contributed by atoms with Gasteiger partial charge in [0, 0.05) is 10.8 Å². The predicted octanol–water partition coefficient (Wildman–Crippen LogP) is 4.62. The molecule has 0 fully saturated rings. The molecule has 0 N–H and O–H groups in total. The number of para-hydroxylation sites is 1.